The zero-order chi connectivity index (χ0) is 17.8. The highest BCUT2D eigenvalue weighted by Gasteiger charge is 2.22. The molecule has 2 heterocycles. The summed E-state index contributed by atoms with van der Waals surface area (Å²) in [6.07, 6.45) is 0.497. The van der Waals surface area contributed by atoms with Gasteiger partial charge in [-0.25, -0.2) is 4.98 Å². The molecule has 0 saturated carbocycles. The number of fused-ring (bicyclic) bond motifs is 1. The summed E-state index contributed by atoms with van der Waals surface area (Å²) >= 11 is 0. The van der Waals surface area contributed by atoms with E-state index in [-0.39, 0.29) is 18.0 Å². The highest BCUT2D eigenvalue weighted by Crippen LogP contribution is 2.21. The van der Waals surface area contributed by atoms with Crippen LogP contribution in [-0.2, 0) is 16.1 Å². The van der Waals surface area contributed by atoms with Crippen molar-refractivity contribution in [1.82, 2.24) is 19.8 Å². The second-order valence-electron chi connectivity index (χ2n) is 6.69. The Morgan fingerprint density at radius 1 is 1.28 bits per heavy atom. The number of morpholine rings is 1. The number of hydrogen-bond donors (Lipinski definition) is 1. The second-order valence-corrected chi connectivity index (χ2v) is 6.69. The van der Waals surface area contributed by atoms with Crippen LogP contribution in [0.15, 0.2) is 24.3 Å². The number of para-hydroxylation sites is 2. The average Bonchev–Trinajstić information content (AvgIpc) is 3.01. The van der Waals surface area contributed by atoms with E-state index in [0.29, 0.717) is 32.7 Å². The van der Waals surface area contributed by atoms with Crippen molar-refractivity contribution >= 4 is 16.9 Å². The lowest BCUT2D eigenvalue weighted by Gasteiger charge is -2.28. The molecule has 1 saturated heterocycles. The summed E-state index contributed by atoms with van der Waals surface area (Å²) in [5, 5.41) is 3.54. The lowest BCUT2D eigenvalue weighted by molar-refractivity contribution is -0.135. The predicted octanol–water partition coefficient (Wildman–Crippen LogP) is 2.34. The topological polar surface area (TPSA) is 59.4 Å². The molecule has 1 aromatic heterocycles. The van der Waals surface area contributed by atoms with Gasteiger partial charge in [0.25, 0.3) is 0 Å². The zero-order valence-electron chi connectivity index (χ0n) is 15.4. The number of hydrogen-bond acceptors (Lipinski definition) is 4. The van der Waals surface area contributed by atoms with Crippen LogP contribution >= 0.6 is 0 Å². The number of imidazole rings is 1. The number of carbonyl (C=O) groups excluding carboxylic acids is 1. The lowest BCUT2D eigenvalue weighted by atomic mass is 10.1. The standard InChI is InChI=1S/C19H28N4O2/c1-4-23-17-8-6-5-7-16(17)21-19(23)15(3)20-14(2)13-18(24)22-9-11-25-12-10-22/h5-8,14-15,20H,4,9-13H2,1-3H3/t14-,15-/m1/s1. The molecule has 1 aromatic carbocycles. The number of benzene rings is 1. The van der Waals surface area contributed by atoms with Crippen LogP contribution < -0.4 is 5.32 Å². The van der Waals surface area contributed by atoms with E-state index in [2.05, 4.69) is 36.7 Å². The third-order valence-corrected chi connectivity index (χ3v) is 4.77. The zero-order valence-corrected chi connectivity index (χ0v) is 15.4. The number of aryl methyl sites for hydroxylation is 1. The van der Waals surface area contributed by atoms with E-state index in [0.717, 1.165) is 23.4 Å². The van der Waals surface area contributed by atoms with Crippen LogP contribution in [0.3, 0.4) is 0 Å². The number of amides is 1. The van der Waals surface area contributed by atoms with Gasteiger partial charge in [-0.1, -0.05) is 12.1 Å². The molecule has 2 atom stereocenters. The number of carbonyl (C=O) groups is 1. The Morgan fingerprint density at radius 3 is 2.72 bits per heavy atom. The Hall–Kier alpha value is -1.92. The highest BCUT2D eigenvalue weighted by molar-refractivity contribution is 5.77. The fraction of sp³-hybridized carbons (Fsp3) is 0.579. The van der Waals surface area contributed by atoms with Gasteiger partial charge in [-0.15, -0.1) is 0 Å². The summed E-state index contributed by atoms with van der Waals surface area (Å²) in [6, 6.07) is 8.38. The molecule has 1 aliphatic rings. The Labute approximate surface area is 149 Å². The van der Waals surface area contributed by atoms with Crippen LogP contribution in [0.1, 0.15) is 39.1 Å². The minimum atomic E-state index is 0.0832. The number of nitrogens with zero attached hydrogens (tertiary/aromatic N) is 3. The van der Waals surface area contributed by atoms with Crippen molar-refractivity contribution < 1.29 is 9.53 Å². The minimum Gasteiger partial charge on any atom is -0.378 e. The second kappa shape index (κ2) is 7.97. The molecule has 1 amide bonds. The third kappa shape index (κ3) is 4.02. The molecule has 0 unspecified atom stereocenters. The van der Waals surface area contributed by atoms with Crippen LogP contribution in [0.25, 0.3) is 11.0 Å². The van der Waals surface area contributed by atoms with E-state index in [9.17, 15) is 4.79 Å². The fourth-order valence-electron chi connectivity index (χ4n) is 3.52. The van der Waals surface area contributed by atoms with Gasteiger partial charge in [-0.3, -0.25) is 4.79 Å². The maximum atomic E-state index is 12.4. The van der Waals surface area contributed by atoms with Crippen LogP contribution in [-0.4, -0.2) is 52.7 Å². The van der Waals surface area contributed by atoms with Gasteiger partial charge in [0.15, 0.2) is 0 Å². The molecule has 0 aliphatic carbocycles. The van der Waals surface area contributed by atoms with Crippen LogP contribution in [0.2, 0.25) is 0 Å². The molecule has 0 bridgehead atoms. The van der Waals surface area contributed by atoms with Crippen molar-refractivity contribution in [1.29, 1.82) is 0 Å². The Morgan fingerprint density at radius 2 is 2.00 bits per heavy atom. The highest BCUT2D eigenvalue weighted by atomic mass is 16.5. The van der Waals surface area contributed by atoms with E-state index in [4.69, 9.17) is 9.72 Å². The maximum Gasteiger partial charge on any atom is 0.224 e. The van der Waals surface area contributed by atoms with Gasteiger partial charge in [0.2, 0.25) is 5.91 Å². The summed E-state index contributed by atoms with van der Waals surface area (Å²) < 4.78 is 7.55. The quantitative estimate of drug-likeness (QED) is 0.874. The molecule has 1 N–H and O–H groups in total. The van der Waals surface area contributed by atoms with E-state index in [1.165, 1.54) is 0 Å². The first kappa shape index (κ1) is 17.9. The van der Waals surface area contributed by atoms with Crippen LogP contribution in [0.5, 0.6) is 0 Å². The van der Waals surface area contributed by atoms with Gasteiger partial charge in [0, 0.05) is 32.1 Å². The van der Waals surface area contributed by atoms with Gasteiger partial charge in [0.1, 0.15) is 5.82 Å². The van der Waals surface area contributed by atoms with Crippen molar-refractivity contribution in [3.8, 4) is 0 Å². The molecular formula is C19H28N4O2. The molecule has 0 spiro atoms. The van der Waals surface area contributed by atoms with Crippen molar-refractivity contribution in [2.45, 2.75) is 45.8 Å². The van der Waals surface area contributed by atoms with Gasteiger partial charge in [0.05, 0.1) is 30.3 Å². The van der Waals surface area contributed by atoms with E-state index in [1.807, 2.05) is 23.1 Å². The monoisotopic (exact) mass is 344 g/mol. The van der Waals surface area contributed by atoms with Crippen LogP contribution in [0.4, 0.5) is 0 Å². The summed E-state index contributed by atoms with van der Waals surface area (Å²) in [6.45, 7) is 9.88. The molecule has 136 valence electrons. The number of aromatic nitrogens is 2. The van der Waals surface area contributed by atoms with Crippen LogP contribution in [0, 0.1) is 0 Å². The lowest BCUT2D eigenvalue weighted by Crippen LogP contribution is -2.43. The first-order valence-electron chi connectivity index (χ1n) is 9.17. The molecule has 1 aliphatic heterocycles. The molecule has 1 fully saturated rings. The Kier molecular flexibility index (Phi) is 5.71. The van der Waals surface area contributed by atoms with Crippen molar-refractivity contribution in [3.63, 3.8) is 0 Å². The van der Waals surface area contributed by atoms with E-state index >= 15 is 0 Å². The molecule has 3 rings (SSSR count). The van der Waals surface area contributed by atoms with E-state index < -0.39 is 0 Å². The third-order valence-electron chi connectivity index (χ3n) is 4.77. The summed E-state index contributed by atoms with van der Waals surface area (Å²) in [7, 11) is 0. The predicted molar refractivity (Wildman–Crippen MR) is 98.4 cm³/mol. The summed E-state index contributed by atoms with van der Waals surface area (Å²) in [5.74, 6) is 1.22. The van der Waals surface area contributed by atoms with E-state index in [1.54, 1.807) is 0 Å². The molecule has 2 aromatic rings. The Bertz CT molecular complexity index is 721. The minimum absolute atomic E-state index is 0.0832. The number of rotatable bonds is 6. The SMILES string of the molecule is CCn1c([C@@H](C)N[C@H](C)CC(=O)N2CCOCC2)nc2ccccc21. The molecule has 6 heteroatoms. The van der Waals surface area contributed by atoms with Gasteiger partial charge in [-0.05, 0) is 32.9 Å². The summed E-state index contributed by atoms with van der Waals surface area (Å²) in [5.41, 5.74) is 2.18. The summed E-state index contributed by atoms with van der Waals surface area (Å²) in [4.78, 5) is 19.1. The smallest absolute Gasteiger partial charge is 0.224 e. The number of ether oxygens (including phenoxy) is 1. The molecule has 0 radical (unpaired) electrons. The number of nitrogens with one attached hydrogen (secondary N) is 1. The average molecular weight is 344 g/mol. The fourth-order valence-corrected chi connectivity index (χ4v) is 3.52. The van der Waals surface area contributed by atoms with Crippen molar-refractivity contribution in [2.75, 3.05) is 26.3 Å². The normalized spacial score (nSPS) is 17.6. The van der Waals surface area contributed by atoms with Crippen molar-refractivity contribution in [2.24, 2.45) is 0 Å². The van der Waals surface area contributed by atoms with Gasteiger partial charge in [-0.2, -0.15) is 0 Å². The molecular weight excluding hydrogens is 316 g/mol. The van der Waals surface area contributed by atoms with Gasteiger partial charge >= 0.3 is 0 Å². The first-order chi connectivity index (χ1) is 12.1. The molecule has 25 heavy (non-hydrogen) atoms. The van der Waals surface area contributed by atoms with Crippen molar-refractivity contribution in [3.05, 3.63) is 30.1 Å². The molecule has 6 nitrogen and oxygen atoms in total. The maximum absolute atomic E-state index is 12.4. The Balaban J connectivity index is 1.65. The largest absolute Gasteiger partial charge is 0.378 e. The van der Waals surface area contributed by atoms with Gasteiger partial charge < -0.3 is 19.5 Å². The first-order valence-corrected chi connectivity index (χ1v) is 9.17.